The van der Waals surface area contributed by atoms with Crippen molar-refractivity contribution in [2.45, 2.75) is 25.9 Å². The summed E-state index contributed by atoms with van der Waals surface area (Å²) >= 11 is 0. The van der Waals surface area contributed by atoms with Gasteiger partial charge in [-0.15, -0.1) is 25.0 Å². The molecule has 0 fully saturated rings. The third kappa shape index (κ3) is 19.0. The molecule has 0 saturated heterocycles. The summed E-state index contributed by atoms with van der Waals surface area (Å²) in [6.45, 7) is 8.14. The van der Waals surface area contributed by atoms with Crippen molar-refractivity contribution in [2.75, 3.05) is 0 Å². The van der Waals surface area contributed by atoms with Crippen LogP contribution in [0.4, 0.5) is 0 Å². The number of hydrogen-bond donors (Lipinski definition) is 0. The molecule has 3 rings (SSSR count). The van der Waals surface area contributed by atoms with E-state index in [1.807, 2.05) is 54.6 Å². The van der Waals surface area contributed by atoms with Gasteiger partial charge in [-0.05, 0) is 0 Å². The zero-order valence-corrected chi connectivity index (χ0v) is 15.8. The molecule has 0 atom stereocenters. The molecule has 1 aromatic carbocycles. The van der Waals surface area contributed by atoms with Crippen molar-refractivity contribution in [1.82, 2.24) is 0 Å². The predicted molar refractivity (Wildman–Crippen MR) is 92.9 cm³/mol. The maximum absolute atomic E-state index is 3.72. The second-order valence-electron chi connectivity index (χ2n) is 4.07. The van der Waals surface area contributed by atoms with Gasteiger partial charge in [0.15, 0.2) is 0 Å². The average Bonchev–Trinajstić information content (AvgIpc) is 3.20. The average molecular weight is 328 g/mol. The first-order chi connectivity index (χ1) is 9.81. The summed E-state index contributed by atoms with van der Waals surface area (Å²) in [5.74, 6) is 0. The molecule has 0 unspecified atom stereocenters. The summed E-state index contributed by atoms with van der Waals surface area (Å²) in [5.41, 5.74) is 1.07. The van der Waals surface area contributed by atoms with Crippen LogP contribution in [-0.4, -0.2) is 9.52 Å². The Kier molecular flexibility index (Phi) is 20.1. The summed E-state index contributed by atoms with van der Waals surface area (Å²) in [4.78, 5) is 0. The van der Waals surface area contributed by atoms with Gasteiger partial charge in [0.25, 0.3) is 0 Å². The van der Waals surface area contributed by atoms with Crippen molar-refractivity contribution in [1.29, 1.82) is 0 Å². The van der Waals surface area contributed by atoms with Crippen LogP contribution in [0, 0.1) is 19.1 Å². The van der Waals surface area contributed by atoms with Crippen LogP contribution in [0.2, 0.25) is 13.1 Å². The normalized spacial score (nSPS) is 12.1. The zero-order chi connectivity index (χ0) is 14.9. The molecule has 2 aliphatic carbocycles. The fraction of sp³-hybridized carbons (Fsp3) is 0.211. The largest absolute Gasteiger partial charge is 3.00 e. The fourth-order valence-electron chi connectivity index (χ4n) is 1.16. The molecule has 21 heavy (non-hydrogen) atoms. The Balaban J connectivity index is 0. The molecule has 0 aliphatic heterocycles. The van der Waals surface area contributed by atoms with Gasteiger partial charge in [-0.1, -0.05) is 19.2 Å². The van der Waals surface area contributed by atoms with Gasteiger partial charge in [0.05, 0.1) is 0 Å². The molecular formula is C19H24SiTi. The molecular weight excluding hydrogens is 304 g/mol. The number of allylic oxidation sites excluding steroid dienone is 8. The van der Waals surface area contributed by atoms with Gasteiger partial charge in [-0.2, -0.15) is 36.8 Å². The molecule has 108 valence electrons. The molecule has 1 aromatic rings. The van der Waals surface area contributed by atoms with Crippen molar-refractivity contribution in [2.24, 2.45) is 0 Å². The van der Waals surface area contributed by atoms with Gasteiger partial charge in [-0.25, -0.2) is 24.3 Å². The van der Waals surface area contributed by atoms with Crippen molar-refractivity contribution < 1.29 is 21.7 Å². The van der Waals surface area contributed by atoms with E-state index in [1.54, 1.807) is 0 Å². The topological polar surface area (TPSA) is 0 Å². The smallest absolute Gasteiger partial charge is 0.273 e. The molecule has 0 aromatic heterocycles. The van der Waals surface area contributed by atoms with Crippen molar-refractivity contribution in [3.8, 4) is 0 Å². The Bertz CT molecular complexity index is 374. The van der Waals surface area contributed by atoms with Gasteiger partial charge in [0, 0.05) is 9.52 Å². The van der Waals surface area contributed by atoms with E-state index in [-0.39, 0.29) is 21.7 Å². The summed E-state index contributed by atoms with van der Waals surface area (Å²) in [5, 5.41) is 0. The van der Waals surface area contributed by atoms with E-state index in [2.05, 4.69) is 44.3 Å². The summed E-state index contributed by atoms with van der Waals surface area (Å²) in [6, 6.07) is 9.87. The van der Waals surface area contributed by atoms with Crippen LogP contribution in [-0.2, 0) is 21.7 Å². The van der Waals surface area contributed by atoms with E-state index in [1.165, 1.54) is 0 Å². The number of hydrogen-bond acceptors (Lipinski definition) is 0. The molecule has 0 N–H and O–H groups in total. The molecule has 0 saturated carbocycles. The third-order valence-electron chi connectivity index (χ3n) is 2.01. The molecule has 0 bridgehead atoms. The fourth-order valence-corrected chi connectivity index (χ4v) is 1.16. The maximum Gasteiger partial charge on any atom is 3.00 e. The quantitative estimate of drug-likeness (QED) is 0.464. The first-order valence-electron chi connectivity index (χ1n) is 6.85. The summed E-state index contributed by atoms with van der Waals surface area (Å²) < 4.78 is 0. The van der Waals surface area contributed by atoms with Gasteiger partial charge in [0.1, 0.15) is 0 Å². The van der Waals surface area contributed by atoms with E-state index in [0.29, 0.717) is 0 Å². The van der Waals surface area contributed by atoms with E-state index in [9.17, 15) is 0 Å². The Morgan fingerprint density at radius 2 is 1.33 bits per heavy atom. The van der Waals surface area contributed by atoms with Gasteiger partial charge < -0.3 is 0 Å². The van der Waals surface area contributed by atoms with Crippen molar-refractivity contribution in [3.05, 3.63) is 91.4 Å². The van der Waals surface area contributed by atoms with Gasteiger partial charge in [0.2, 0.25) is 0 Å². The van der Waals surface area contributed by atoms with Gasteiger partial charge >= 0.3 is 21.7 Å². The maximum atomic E-state index is 3.72. The standard InChI is InChI=1S/C7H7.2C5H5.C2H7Si.Ti/c1-7-5-3-2-4-6-7;2*1-2-4-5-3-1;1-3-2;/h2-6H,1H2;2*1-3H,4H2;3H,1-2H3;/q3*-1;;+3. The van der Waals surface area contributed by atoms with Crippen molar-refractivity contribution in [3.63, 3.8) is 0 Å². The third-order valence-corrected chi connectivity index (χ3v) is 2.01. The minimum absolute atomic E-state index is 0. The molecule has 0 nitrogen and oxygen atoms in total. The zero-order valence-electron chi connectivity index (χ0n) is 13.0. The molecule has 0 amide bonds. The Morgan fingerprint density at radius 1 is 0.905 bits per heavy atom. The second kappa shape index (κ2) is 19.0. The van der Waals surface area contributed by atoms with Gasteiger partial charge in [-0.3, -0.25) is 12.2 Å². The Hall–Kier alpha value is -1.02. The van der Waals surface area contributed by atoms with Crippen LogP contribution in [0.3, 0.4) is 0 Å². The van der Waals surface area contributed by atoms with Crippen LogP contribution >= 0.6 is 0 Å². The SMILES string of the molecule is C[SiH]C.[C-]1=CC=CC1.[C-]1=CC=CC1.[CH2-]c1ccccc1.[Ti+3]. The van der Waals surface area contributed by atoms with E-state index < -0.39 is 0 Å². The monoisotopic (exact) mass is 328 g/mol. The molecule has 2 heteroatoms. The minimum Gasteiger partial charge on any atom is -0.273 e. The predicted octanol–water partition coefficient (Wildman–Crippen LogP) is 5.00. The van der Waals surface area contributed by atoms with Crippen LogP contribution in [0.1, 0.15) is 18.4 Å². The molecule has 2 radical (unpaired) electrons. The number of rotatable bonds is 0. The van der Waals surface area contributed by atoms with Crippen molar-refractivity contribution >= 4 is 9.52 Å². The first-order valence-corrected chi connectivity index (χ1v) is 9.16. The van der Waals surface area contributed by atoms with Crippen LogP contribution in [0.5, 0.6) is 0 Å². The van der Waals surface area contributed by atoms with Crippen LogP contribution < -0.4 is 0 Å². The minimum atomic E-state index is 0. The molecule has 0 spiro atoms. The summed E-state index contributed by atoms with van der Waals surface area (Å²) in [7, 11) is 0.750. The number of benzene rings is 1. The first kappa shape index (κ1) is 22.3. The van der Waals surface area contributed by atoms with Crippen LogP contribution in [0.25, 0.3) is 0 Å². The molecule has 0 heterocycles. The Morgan fingerprint density at radius 3 is 1.48 bits per heavy atom. The Labute approximate surface area is 148 Å². The summed E-state index contributed by atoms with van der Waals surface area (Å²) in [6.07, 6.45) is 20.0. The van der Waals surface area contributed by atoms with Crippen LogP contribution in [0.15, 0.2) is 66.8 Å². The second-order valence-corrected chi connectivity index (χ2v) is 5.22. The van der Waals surface area contributed by atoms with E-state index >= 15 is 0 Å². The van der Waals surface area contributed by atoms with E-state index in [0.717, 1.165) is 27.9 Å². The molecule has 2 aliphatic rings. The van der Waals surface area contributed by atoms with E-state index in [4.69, 9.17) is 0 Å².